The first-order chi connectivity index (χ1) is 12.5. The van der Waals surface area contributed by atoms with E-state index < -0.39 is 0 Å². The fourth-order valence-corrected chi connectivity index (χ4v) is 3.49. The number of amides is 1. The Balaban J connectivity index is 1.84. The normalized spacial score (nSPS) is 12.1. The molecule has 0 spiro atoms. The minimum atomic E-state index is -0.372. The number of hydrogen-bond acceptors (Lipinski definition) is 7. The average Bonchev–Trinajstić information content (AvgIpc) is 2.58. The maximum Gasteiger partial charge on any atom is 0.237 e. The molecule has 1 unspecified atom stereocenters. The molecule has 1 atom stereocenters. The Morgan fingerprint density at radius 2 is 1.85 bits per heavy atom. The predicted octanol–water partition coefficient (Wildman–Crippen LogP) is 3.01. The van der Waals surface area contributed by atoms with Crippen molar-refractivity contribution in [2.45, 2.75) is 30.7 Å². The molecule has 0 aliphatic carbocycles. The maximum atomic E-state index is 12.8. The van der Waals surface area contributed by atoms with Crippen molar-refractivity contribution in [1.29, 1.82) is 0 Å². The highest BCUT2D eigenvalue weighted by Gasteiger charge is 2.21. The first-order valence-electron chi connectivity index (χ1n) is 8.20. The van der Waals surface area contributed by atoms with Gasteiger partial charge in [0, 0.05) is 17.1 Å². The highest BCUT2D eigenvalue weighted by atomic mass is 32.2. The molecule has 134 valence electrons. The van der Waals surface area contributed by atoms with E-state index >= 15 is 0 Å². The summed E-state index contributed by atoms with van der Waals surface area (Å²) in [7, 11) is 0. The van der Waals surface area contributed by atoms with Crippen LogP contribution in [-0.4, -0.2) is 26.1 Å². The molecule has 0 radical (unpaired) electrons. The lowest BCUT2D eigenvalue weighted by Crippen LogP contribution is -2.25. The van der Waals surface area contributed by atoms with E-state index in [0.717, 1.165) is 22.3 Å². The van der Waals surface area contributed by atoms with Crippen LogP contribution >= 0.6 is 11.8 Å². The Hall–Kier alpha value is -2.87. The molecular formula is C18H20N6OS. The number of nitrogen functional groups attached to an aromatic ring is 2. The van der Waals surface area contributed by atoms with Gasteiger partial charge >= 0.3 is 0 Å². The van der Waals surface area contributed by atoms with Crippen molar-refractivity contribution in [3.05, 3.63) is 42.1 Å². The minimum Gasteiger partial charge on any atom is -0.383 e. The van der Waals surface area contributed by atoms with Crippen molar-refractivity contribution in [1.82, 2.24) is 15.0 Å². The summed E-state index contributed by atoms with van der Waals surface area (Å²) >= 11 is 1.24. The van der Waals surface area contributed by atoms with Gasteiger partial charge in [-0.3, -0.25) is 9.78 Å². The van der Waals surface area contributed by atoms with Crippen molar-refractivity contribution in [3.8, 4) is 0 Å². The van der Waals surface area contributed by atoms with Crippen molar-refractivity contribution >= 4 is 45.9 Å². The van der Waals surface area contributed by atoms with Gasteiger partial charge in [0.25, 0.3) is 0 Å². The van der Waals surface area contributed by atoms with Crippen LogP contribution < -0.4 is 16.8 Å². The zero-order valence-corrected chi connectivity index (χ0v) is 15.4. The van der Waals surface area contributed by atoms with Crippen LogP contribution in [0.3, 0.4) is 0 Å². The zero-order chi connectivity index (χ0) is 18.7. The van der Waals surface area contributed by atoms with Crippen molar-refractivity contribution < 1.29 is 4.79 Å². The molecule has 1 amide bonds. The van der Waals surface area contributed by atoms with Crippen molar-refractivity contribution in [2.24, 2.45) is 0 Å². The summed E-state index contributed by atoms with van der Waals surface area (Å²) in [6.07, 6.45) is 0.608. The van der Waals surface area contributed by atoms with E-state index in [4.69, 9.17) is 11.5 Å². The second kappa shape index (κ2) is 7.57. The van der Waals surface area contributed by atoms with E-state index in [0.29, 0.717) is 11.6 Å². The van der Waals surface area contributed by atoms with Crippen molar-refractivity contribution in [3.63, 3.8) is 0 Å². The third-order valence-electron chi connectivity index (χ3n) is 3.76. The van der Waals surface area contributed by atoms with Crippen LogP contribution in [0.1, 0.15) is 19.0 Å². The zero-order valence-electron chi connectivity index (χ0n) is 14.6. The van der Waals surface area contributed by atoms with Crippen LogP contribution in [0.5, 0.6) is 0 Å². The molecule has 3 aromatic rings. The quantitative estimate of drug-likeness (QED) is 0.468. The molecule has 3 rings (SSSR count). The van der Waals surface area contributed by atoms with E-state index in [9.17, 15) is 4.79 Å². The fourth-order valence-electron chi connectivity index (χ4n) is 2.59. The van der Waals surface area contributed by atoms with Crippen LogP contribution in [0.15, 0.2) is 41.6 Å². The second-order valence-electron chi connectivity index (χ2n) is 5.83. The average molecular weight is 368 g/mol. The van der Waals surface area contributed by atoms with Gasteiger partial charge in [-0.1, -0.05) is 36.9 Å². The van der Waals surface area contributed by atoms with Gasteiger partial charge in [-0.2, -0.15) is 0 Å². The van der Waals surface area contributed by atoms with Crippen LogP contribution in [-0.2, 0) is 4.79 Å². The molecule has 1 aromatic carbocycles. The summed E-state index contributed by atoms with van der Waals surface area (Å²) < 4.78 is 0. The van der Waals surface area contributed by atoms with Gasteiger partial charge in [-0.25, -0.2) is 9.97 Å². The molecule has 0 bridgehead atoms. The first-order valence-corrected chi connectivity index (χ1v) is 9.08. The summed E-state index contributed by atoms with van der Waals surface area (Å²) in [5.74, 6) is 0.440. The lowest BCUT2D eigenvalue weighted by molar-refractivity contribution is -0.115. The number of nitrogens with zero attached hydrogens (tertiary/aromatic N) is 3. The van der Waals surface area contributed by atoms with E-state index in [1.165, 1.54) is 17.8 Å². The SMILES string of the molecule is CCC(Sc1nc(N)cc(N)n1)C(=O)Nc1cc(C)nc2ccccc12. The Kier molecular flexibility index (Phi) is 5.22. The Morgan fingerprint density at radius 1 is 1.15 bits per heavy atom. The Bertz CT molecular complexity index is 941. The van der Waals surface area contributed by atoms with Gasteiger partial charge in [0.05, 0.1) is 16.5 Å². The Morgan fingerprint density at radius 3 is 2.54 bits per heavy atom. The predicted molar refractivity (Wildman–Crippen MR) is 106 cm³/mol. The number of fused-ring (bicyclic) bond motifs is 1. The molecular weight excluding hydrogens is 348 g/mol. The number of nitrogens with two attached hydrogens (primary N) is 2. The van der Waals surface area contributed by atoms with E-state index in [1.807, 2.05) is 44.2 Å². The van der Waals surface area contributed by atoms with E-state index in [1.54, 1.807) is 0 Å². The molecule has 0 aliphatic rings. The van der Waals surface area contributed by atoms with Gasteiger partial charge in [0.2, 0.25) is 5.91 Å². The molecule has 5 N–H and O–H groups in total. The van der Waals surface area contributed by atoms with Gasteiger partial charge in [0.1, 0.15) is 11.6 Å². The molecule has 2 heterocycles. The molecule has 0 saturated carbocycles. The number of aryl methyl sites for hydroxylation is 1. The molecule has 7 nitrogen and oxygen atoms in total. The number of hydrogen-bond donors (Lipinski definition) is 3. The second-order valence-corrected chi connectivity index (χ2v) is 7.00. The van der Waals surface area contributed by atoms with Crippen LogP contribution in [0.25, 0.3) is 10.9 Å². The summed E-state index contributed by atoms with van der Waals surface area (Å²) in [5, 5.41) is 3.92. The number of aromatic nitrogens is 3. The number of para-hydroxylation sites is 1. The number of nitrogens with one attached hydrogen (secondary N) is 1. The van der Waals surface area contributed by atoms with Gasteiger partial charge in [0.15, 0.2) is 5.16 Å². The summed E-state index contributed by atoms with van der Waals surface area (Å²) in [5.41, 5.74) is 13.8. The third-order valence-corrected chi connectivity index (χ3v) is 4.98. The first kappa shape index (κ1) is 17.9. The van der Waals surface area contributed by atoms with E-state index in [-0.39, 0.29) is 22.8 Å². The number of benzene rings is 1. The Labute approximate surface area is 155 Å². The largest absolute Gasteiger partial charge is 0.383 e. The van der Waals surface area contributed by atoms with Crippen molar-refractivity contribution in [2.75, 3.05) is 16.8 Å². The highest BCUT2D eigenvalue weighted by Crippen LogP contribution is 2.27. The fraction of sp³-hybridized carbons (Fsp3) is 0.222. The minimum absolute atomic E-state index is 0.127. The summed E-state index contributed by atoms with van der Waals surface area (Å²) in [6, 6.07) is 11.1. The third kappa shape index (κ3) is 4.02. The molecule has 0 fully saturated rings. The molecule has 26 heavy (non-hydrogen) atoms. The standard InChI is InChI=1S/C18H20N6OS/c1-3-14(26-18-23-15(19)9-16(20)24-18)17(25)22-13-8-10(2)21-12-7-5-4-6-11(12)13/h4-9,14H,3H2,1-2H3,(H,21,22,25)(H4,19,20,23,24). The van der Waals surface area contributed by atoms with Crippen LogP contribution in [0.2, 0.25) is 0 Å². The van der Waals surface area contributed by atoms with Gasteiger partial charge in [-0.05, 0) is 25.5 Å². The smallest absolute Gasteiger partial charge is 0.237 e. The van der Waals surface area contributed by atoms with Crippen LogP contribution in [0, 0.1) is 6.92 Å². The molecule has 0 saturated heterocycles. The lowest BCUT2D eigenvalue weighted by Gasteiger charge is -2.15. The number of carbonyl (C=O) groups is 1. The summed E-state index contributed by atoms with van der Waals surface area (Å²) in [4.78, 5) is 25.6. The maximum absolute atomic E-state index is 12.8. The molecule has 2 aromatic heterocycles. The number of anilines is 3. The highest BCUT2D eigenvalue weighted by molar-refractivity contribution is 8.00. The van der Waals surface area contributed by atoms with Gasteiger partial charge in [-0.15, -0.1) is 0 Å². The summed E-state index contributed by atoms with van der Waals surface area (Å²) in [6.45, 7) is 3.83. The van der Waals surface area contributed by atoms with E-state index in [2.05, 4.69) is 20.3 Å². The number of pyridine rings is 1. The van der Waals surface area contributed by atoms with Gasteiger partial charge < -0.3 is 16.8 Å². The van der Waals surface area contributed by atoms with Crippen LogP contribution in [0.4, 0.5) is 17.3 Å². The molecule has 8 heteroatoms. The molecule has 0 aliphatic heterocycles. The monoisotopic (exact) mass is 368 g/mol. The number of thioether (sulfide) groups is 1. The lowest BCUT2D eigenvalue weighted by atomic mass is 10.1. The topological polar surface area (TPSA) is 120 Å². The number of carbonyl (C=O) groups excluding carboxylic acids is 1. The number of rotatable bonds is 5.